The van der Waals surface area contributed by atoms with Gasteiger partial charge in [-0.15, -0.1) is 0 Å². The van der Waals surface area contributed by atoms with E-state index in [1.807, 2.05) is 6.92 Å². The van der Waals surface area contributed by atoms with E-state index < -0.39 is 12.1 Å². The van der Waals surface area contributed by atoms with Gasteiger partial charge in [0.25, 0.3) is 0 Å². The minimum atomic E-state index is -0.711. The van der Waals surface area contributed by atoms with Crippen molar-refractivity contribution in [2.75, 3.05) is 19.8 Å². The van der Waals surface area contributed by atoms with E-state index in [0.717, 1.165) is 19.6 Å². The van der Waals surface area contributed by atoms with Crippen LogP contribution in [0.4, 0.5) is 0 Å². The van der Waals surface area contributed by atoms with E-state index in [2.05, 4.69) is 13.8 Å². The summed E-state index contributed by atoms with van der Waals surface area (Å²) in [5.74, 6) is -0.711. The van der Waals surface area contributed by atoms with E-state index in [0.29, 0.717) is 6.42 Å². The maximum absolute atomic E-state index is 9.60. The van der Waals surface area contributed by atoms with Gasteiger partial charge in [0.05, 0.1) is 12.7 Å². The third-order valence-corrected chi connectivity index (χ3v) is 2.01. The summed E-state index contributed by atoms with van der Waals surface area (Å²) in [5, 5.41) is 23.9. The number of ether oxygens (including phenoxy) is 1. The van der Waals surface area contributed by atoms with Crippen LogP contribution in [0.5, 0.6) is 0 Å². The van der Waals surface area contributed by atoms with Gasteiger partial charge in [0.15, 0.2) is 0 Å². The summed E-state index contributed by atoms with van der Waals surface area (Å²) in [6.07, 6.45) is 5.37. The Morgan fingerprint density at radius 1 is 1.05 bits per heavy atom. The molecule has 0 spiro atoms. The Balaban J connectivity index is -0.000000230. The van der Waals surface area contributed by atoms with Crippen molar-refractivity contribution in [3.8, 4) is 0 Å². The molecule has 0 aliphatic rings. The van der Waals surface area contributed by atoms with Crippen LogP contribution in [0.1, 0.15) is 66.2 Å². The second-order valence-corrected chi connectivity index (χ2v) is 4.49. The number of aliphatic hydroxyl groups is 2. The van der Waals surface area contributed by atoms with Crippen molar-refractivity contribution in [1.29, 1.82) is 0 Å². The highest BCUT2D eigenvalue weighted by molar-refractivity contribution is 5.66. The molecule has 0 bridgehead atoms. The Morgan fingerprint density at radius 3 is 1.60 bits per heavy atom. The van der Waals surface area contributed by atoms with Gasteiger partial charge in [0.2, 0.25) is 0 Å². The van der Waals surface area contributed by atoms with Gasteiger partial charge < -0.3 is 20.1 Å². The highest BCUT2D eigenvalue weighted by atomic mass is 16.5. The minimum absolute atomic E-state index is 0.139. The zero-order valence-electron chi connectivity index (χ0n) is 13.6. The van der Waals surface area contributed by atoms with E-state index in [9.17, 15) is 4.79 Å². The molecule has 20 heavy (non-hydrogen) atoms. The van der Waals surface area contributed by atoms with E-state index in [1.165, 1.54) is 32.6 Å². The molecule has 0 radical (unpaired) electrons. The lowest BCUT2D eigenvalue weighted by atomic mass is 10.3. The second-order valence-electron chi connectivity index (χ2n) is 4.49. The first kappa shape index (κ1) is 24.4. The average Bonchev–Trinajstić information content (AvgIpc) is 2.40. The van der Waals surface area contributed by atoms with Crippen molar-refractivity contribution < 1.29 is 24.9 Å². The molecule has 0 aliphatic heterocycles. The summed E-state index contributed by atoms with van der Waals surface area (Å²) < 4.78 is 5.31. The highest BCUT2D eigenvalue weighted by Gasteiger charge is 1.87. The maximum atomic E-state index is 9.60. The molecule has 1 atom stereocenters. The second kappa shape index (κ2) is 23.4. The SMILES string of the molecule is CC(O)CO.CCCC(=O)O.CCCCOCCCC. The summed E-state index contributed by atoms with van der Waals surface area (Å²) in [6.45, 7) is 9.51. The molecule has 0 heterocycles. The van der Waals surface area contributed by atoms with Gasteiger partial charge in [0, 0.05) is 19.6 Å². The normalized spacial score (nSPS) is 10.7. The molecular weight excluding hydrogens is 260 g/mol. The Kier molecular flexibility index (Phi) is 28.6. The standard InChI is InChI=1S/C8H18O.C4H8O2.C3H8O2/c1-3-5-7-9-8-6-4-2;1-2-3-4(5)6;1-3(5)2-4/h3-8H2,1-2H3;2-3H2,1H3,(H,5,6);3-5H,2H2,1H3. The largest absolute Gasteiger partial charge is 0.481 e. The van der Waals surface area contributed by atoms with Gasteiger partial charge in [0.1, 0.15) is 0 Å². The van der Waals surface area contributed by atoms with Crippen LogP contribution in [-0.2, 0) is 9.53 Å². The predicted octanol–water partition coefficient (Wildman–Crippen LogP) is 2.83. The number of carboxylic acids is 1. The zero-order chi connectivity index (χ0) is 16.2. The van der Waals surface area contributed by atoms with Crippen LogP contribution in [0.3, 0.4) is 0 Å². The fourth-order valence-corrected chi connectivity index (χ4v) is 0.809. The summed E-state index contributed by atoms with van der Waals surface area (Å²) in [6, 6.07) is 0. The van der Waals surface area contributed by atoms with Crippen LogP contribution in [0.15, 0.2) is 0 Å². The number of hydrogen-bond acceptors (Lipinski definition) is 4. The van der Waals surface area contributed by atoms with Gasteiger partial charge in [-0.25, -0.2) is 0 Å². The molecule has 0 amide bonds. The summed E-state index contributed by atoms with van der Waals surface area (Å²) in [5.41, 5.74) is 0. The van der Waals surface area contributed by atoms with Crippen LogP contribution in [0, 0.1) is 0 Å². The lowest BCUT2D eigenvalue weighted by Gasteiger charge is -1.99. The molecule has 5 heteroatoms. The first-order valence-corrected chi connectivity index (χ1v) is 7.54. The topological polar surface area (TPSA) is 87.0 Å². The molecule has 0 aliphatic carbocycles. The Labute approximate surface area is 124 Å². The fraction of sp³-hybridized carbons (Fsp3) is 0.933. The Hall–Kier alpha value is -0.650. The number of rotatable bonds is 9. The third-order valence-electron chi connectivity index (χ3n) is 2.01. The molecule has 0 fully saturated rings. The van der Waals surface area contributed by atoms with E-state index in [1.54, 1.807) is 0 Å². The third kappa shape index (κ3) is 43.3. The molecule has 0 saturated heterocycles. The average molecular weight is 294 g/mol. The molecule has 0 aromatic rings. The summed E-state index contributed by atoms with van der Waals surface area (Å²) in [7, 11) is 0. The number of carbonyl (C=O) groups is 1. The van der Waals surface area contributed by atoms with Crippen LogP contribution >= 0.6 is 0 Å². The molecular formula is C15H34O5. The number of carboxylic acid groups (broad SMARTS) is 1. The van der Waals surface area contributed by atoms with Crippen molar-refractivity contribution in [3.05, 3.63) is 0 Å². The van der Waals surface area contributed by atoms with Crippen LogP contribution in [0.2, 0.25) is 0 Å². The number of unbranched alkanes of at least 4 members (excludes halogenated alkanes) is 2. The van der Waals surface area contributed by atoms with Crippen molar-refractivity contribution in [2.24, 2.45) is 0 Å². The number of aliphatic carboxylic acids is 1. The maximum Gasteiger partial charge on any atom is 0.303 e. The van der Waals surface area contributed by atoms with E-state index in [4.69, 9.17) is 20.1 Å². The van der Waals surface area contributed by atoms with E-state index >= 15 is 0 Å². The molecule has 5 nitrogen and oxygen atoms in total. The molecule has 0 saturated carbocycles. The fourth-order valence-electron chi connectivity index (χ4n) is 0.809. The van der Waals surface area contributed by atoms with Crippen molar-refractivity contribution in [1.82, 2.24) is 0 Å². The zero-order valence-corrected chi connectivity index (χ0v) is 13.6. The van der Waals surface area contributed by atoms with E-state index in [-0.39, 0.29) is 6.61 Å². The number of hydrogen-bond donors (Lipinski definition) is 3. The first-order valence-electron chi connectivity index (χ1n) is 7.54. The lowest BCUT2D eigenvalue weighted by molar-refractivity contribution is -0.137. The smallest absolute Gasteiger partial charge is 0.303 e. The van der Waals surface area contributed by atoms with Gasteiger partial charge in [-0.3, -0.25) is 4.79 Å². The molecule has 0 aromatic heterocycles. The predicted molar refractivity (Wildman–Crippen MR) is 81.9 cm³/mol. The van der Waals surface area contributed by atoms with Gasteiger partial charge in [-0.1, -0.05) is 33.6 Å². The van der Waals surface area contributed by atoms with Crippen molar-refractivity contribution >= 4 is 5.97 Å². The Bertz CT molecular complexity index is 166. The Morgan fingerprint density at radius 2 is 1.45 bits per heavy atom. The van der Waals surface area contributed by atoms with Gasteiger partial charge in [-0.05, 0) is 26.2 Å². The monoisotopic (exact) mass is 294 g/mol. The quantitative estimate of drug-likeness (QED) is 0.569. The lowest BCUT2D eigenvalue weighted by Crippen LogP contribution is -2.03. The summed E-state index contributed by atoms with van der Waals surface area (Å²) >= 11 is 0. The van der Waals surface area contributed by atoms with Crippen molar-refractivity contribution in [3.63, 3.8) is 0 Å². The molecule has 124 valence electrons. The van der Waals surface area contributed by atoms with Crippen molar-refractivity contribution in [2.45, 2.75) is 72.3 Å². The van der Waals surface area contributed by atoms with Crippen LogP contribution in [0.25, 0.3) is 0 Å². The highest BCUT2D eigenvalue weighted by Crippen LogP contribution is 1.91. The van der Waals surface area contributed by atoms with Crippen LogP contribution < -0.4 is 0 Å². The molecule has 3 N–H and O–H groups in total. The number of aliphatic hydroxyl groups excluding tert-OH is 2. The van der Waals surface area contributed by atoms with Gasteiger partial charge >= 0.3 is 5.97 Å². The molecule has 0 rings (SSSR count). The summed E-state index contributed by atoms with van der Waals surface area (Å²) in [4.78, 5) is 9.60. The first-order chi connectivity index (χ1) is 9.45. The van der Waals surface area contributed by atoms with Crippen LogP contribution in [-0.4, -0.2) is 47.2 Å². The molecule has 0 aromatic carbocycles. The minimum Gasteiger partial charge on any atom is -0.481 e. The molecule has 1 unspecified atom stereocenters. The van der Waals surface area contributed by atoms with Gasteiger partial charge in [-0.2, -0.15) is 0 Å².